The fourth-order valence-corrected chi connectivity index (χ4v) is 3.49. The molecule has 2 saturated heterocycles. The highest BCUT2D eigenvalue weighted by atomic mass is 16.6. The van der Waals surface area contributed by atoms with Gasteiger partial charge in [-0.2, -0.15) is 0 Å². The third-order valence-corrected chi connectivity index (χ3v) is 4.76. The minimum Gasteiger partial charge on any atom is -0.377 e. The number of nitrogens with zero attached hydrogens (tertiary/aromatic N) is 4. The van der Waals surface area contributed by atoms with Gasteiger partial charge in [0.25, 0.3) is 5.91 Å². The van der Waals surface area contributed by atoms with Crippen LogP contribution in [0.25, 0.3) is 0 Å². The minimum atomic E-state index is -0.547. The van der Waals surface area contributed by atoms with E-state index in [0.29, 0.717) is 32.1 Å². The first-order valence-electron chi connectivity index (χ1n) is 8.79. The van der Waals surface area contributed by atoms with Crippen molar-refractivity contribution < 1.29 is 14.3 Å². The molecule has 2 aromatic heterocycles. The van der Waals surface area contributed by atoms with Crippen molar-refractivity contribution in [3.8, 4) is 0 Å². The van der Waals surface area contributed by atoms with Crippen LogP contribution in [-0.4, -0.2) is 65.8 Å². The molecule has 7 nitrogen and oxygen atoms in total. The van der Waals surface area contributed by atoms with Crippen molar-refractivity contribution in [2.24, 2.45) is 0 Å². The second kappa shape index (κ2) is 7.49. The molecule has 0 radical (unpaired) electrons. The van der Waals surface area contributed by atoms with E-state index < -0.39 is 5.60 Å². The van der Waals surface area contributed by atoms with Gasteiger partial charge in [0.15, 0.2) is 0 Å². The number of anilines is 1. The summed E-state index contributed by atoms with van der Waals surface area (Å²) in [5, 5.41) is 0. The van der Waals surface area contributed by atoms with Crippen LogP contribution < -0.4 is 4.90 Å². The standard InChI is InChI=1S/C19H22N4O3/c24-18-12-26-19(14-23(18)17-3-1-2-6-21-17)13-22(9-10-25-15-19)11-16-4-7-20-8-5-16/h1-8H,9-15H2/t19-/m0/s1. The maximum Gasteiger partial charge on any atom is 0.254 e. The number of carbonyl (C=O) groups is 1. The molecule has 2 aromatic rings. The first-order valence-corrected chi connectivity index (χ1v) is 8.79. The van der Waals surface area contributed by atoms with Gasteiger partial charge < -0.3 is 9.47 Å². The zero-order valence-corrected chi connectivity index (χ0v) is 14.6. The van der Waals surface area contributed by atoms with Crippen molar-refractivity contribution in [3.63, 3.8) is 0 Å². The van der Waals surface area contributed by atoms with E-state index in [1.807, 2.05) is 30.3 Å². The molecule has 4 rings (SSSR count). The Hall–Kier alpha value is -2.35. The van der Waals surface area contributed by atoms with E-state index in [-0.39, 0.29) is 12.5 Å². The third kappa shape index (κ3) is 3.75. The molecular formula is C19H22N4O3. The van der Waals surface area contributed by atoms with Gasteiger partial charge in [-0.3, -0.25) is 19.6 Å². The topological polar surface area (TPSA) is 67.8 Å². The molecule has 136 valence electrons. The Morgan fingerprint density at radius 2 is 2.00 bits per heavy atom. The minimum absolute atomic E-state index is 0.0447. The van der Waals surface area contributed by atoms with Crippen LogP contribution >= 0.6 is 0 Å². The maximum atomic E-state index is 12.4. The number of carbonyl (C=O) groups excluding carboxylic acids is 1. The Bertz CT molecular complexity index is 743. The van der Waals surface area contributed by atoms with E-state index >= 15 is 0 Å². The van der Waals surface area contributed by atoms with Crippen LogP contribution in [0.4, 0.5) is 5.82 Å². The third-order valence-electron chi connectivity index (χ3n) is 4.76. The van der Waals surface area contributed by atoms with Crippen LogP contribution in [0.3, 0.4) is 0 Å². The lowest BCUT2D eigenvalue weighted by molar-refractivity contribution is -0.146. The van der Waals surface area contributed by atoms with Crippen molar-refractivity contribution in [1.82, 2.24) is 14.9 Å². The van der Waals surface area contributed by atoms with E-state index in [4.69, 9.17) is 9.47 Å². The van der Waals surface area contributed by atoms with E-state index in [1.165, 1.54) is 5.56 Å². The Morgan fingerprint density at radius 3 is 2.81 bits per heavy atom. The molecule has 0 saturated carbocycles. The number of morpholine rings is 1. The summed E-state index contributed by atoms with van der Waals surface area (Å²) in [6.07, 6.45) is 5.31. The molecule has 2 fully saturated rings. The lowest BCUT2D eigenvalue weighted by atomic mass is 10.0. The zero-order chi connectivity index (χ0) is 17.8. The van der Waals surface area contributed by atoms with Crippen LogP contribution in [0.1, 0.15) is 5.56 Å². The van der Waals surface area contributed by atoms with Gasteiger partial charge in [-0.25, -0.2) is 4.98 Å². The Morgan fingerprint density at radius 1 is 1.12 bits per heavy atom. The number of hydrogen-bond acceptors (Lipinski definition) is 6. The first-order chi connectivity index (χ1) is 12.7. The number of amides is 1. The molecule has 7 heteroatoms. The van der Waals surface area contributed by atoms with Crippen LogP contribution in [0, 0.1) is 0 Å². The second-order valence-corrected chi connectivity index (χ2v) is 6.76. The quantitative estimate of drug-likeness (QED) is 0.823. The molecule has 1 atom stereocenters. The predicted molar refractivity (Wildman–Crippen MR) is 95.6 cm³/mol. The predicted octanol–water partition coefficient (Wildman–Crippen LogP) is 1.11. The Labute approximate surface area is 152 Å². The largest absolute Gasteiger partial charge is 0.377 e. The lowest BCUT2D eigenvalue weighted by Crippen LogP contribution is -2.60. The van der Waals surface area contributed by atoms with Gasteiger partial charge >= 0.3 is 0 Å². The van der Waals surface area contributed by atoms with Crippen LogP contribution in [0.15, 0.2) is 48.9 Å². The van der Waals surface area contributed by atoms with Gasteiger partial charge in [0.2, 0.25) is 0 Å². The molecule has 1 spiro atoms. The van der Waals surface area contributed by atoms with E-state index in [0.717, 1.165) is 13.1 Å². The van der Waals surface area contributed by atoms with Crippen molar-refractivity contribution in [2.45, 2.75) is 12.1 Å². The number of aromatic nitrogens is 2. The highest BCUT2D eigenvalue weighted by Crippen LogP contribution is 2.26. The van der Waals surface area contributed by atoms with Crippen molar-refractivity contribution in [1.29, 1.82) is 0 Å². The Kier molecular flexibility index (Phi) is 4.92. The summed E-state index contributed by atoms with van der Waals surface area (Å²) in [4.78, 5) is 24.8. The number of pyridine rings is 2. The molecule has 0 aromatic carbocycles. The summed E-state index contributed by atoms with van der Waals surface area (Å²) in [5.74, 6) is 0.587. The molecule has 0 N–H and O–H groups in total. The van der Waals surface area contributed by atoms with E-state index in [2.05, 4.69) is 14.9 Å². The van der Waals surface area contributed by atoms with Crippen molar-refractivity contribution in [3.05, 3.63) is 54.5 Å². The number of rotatable bonds is 3. The molecule has 0 aliphatic carbocycles. The Balaban J connectivity index is 1.53. The van der Waals surface area contributed by atoms with Gasteiger partial charge in [-0.15, -0.1) is 0 Å². The molecule has 26 heavy (non-hydrogen) atoms. The molecule has 1 amide bonds. The summed E-state index contributed by atoms with van der Waals surface area (Å²) in [7, 11) is 0. The molecule has 4 heterocycles. The normalized spacial score (nSPS) is 24.6. The van der Waals surface area contributed by atoms with Crippen LogP contribution in [-0.2, 0) is 20.8 Å². The first kappa shape index (κ1) is 17.1. The monoisotopic (exact) mass is 354 g/mol. The van der Waals surface area contributed by atoms with Crippen molar-refractivity contribution >= 4 is 11.7 Å². The summed E-state index contributed by atoms with van der Waals surface area (Å²) < 4.78 is 11.9. The lowest BCUT2D eigenvalue weighted by Gasteiger charge is -2.42. The van der Waals surface area contributed by atoms with Gasteiger partial charge in [0.05, 0.1) is 19.8 Å². The highest BCUT2D eigenvalue weighted by Gasteiger charge is 2.43. The summed E-state index contributed by atoms with van der Waals surface area (Å²) in [6, 6.07) is 9.61. The second-order valence-electron chi connectivity index (χ2n) is 6.76. The summed E-state index contributed by atoms with van der Waals surface area (Å²) in [5.41, 5.74) is 0.653. The van der Waals surface area contributed by atoms with E-state index in [9.17, 15) is 4.79 Å². The maximum absolute atomic E-state index is 12.4. The van der Waals surface area contributed by atoms with Crippen LogP contribution in [0.2, 0.25) is 0 Å². The molecule has 0 unspecified atom stereocenters. The molecule has 2 aliphatic rings. The highest BCUT2D eigenvalue weighted by molar-refractivity contribution is 5.94. The summed E-state index contributed by atoms with van der Waals surface area (Å²) >= 11 is 0. The smallest absolute Gasteiger partial charge is 0.254 e. The number of ether oxygens (including phenoxy) is 2. The molecule has 2 aliphatic heterocycles. The summed E-state index contributed by atoms with van der Waals surface area (Å²) in [6.45, 7) is 3.92. The fourth-order valence-electron chi connectivity index (χ4n) is 3.49. The van der Waals surface area contributed by atoms with Gasteiger partial charge in [-0.1, -0.05) is 6.07 Å². The van der Waals surface area contributed by atoms with Gasteiger partial charge in [0.1, 0.15) is 18.0 Å². The SMILES string of the molecule is O=C1CO[C@]2(COCCN(Cc3ccncc3)C2)CN1c1ccccn1. The zero-order valence-electron chi connectivity index (χ0n) is 14.6. The molecular weight excluding hydrogens is 332 g/mol. The van der Waals surface area contributed by atoms with E-state index in [1.54, 1.807) is 23.5 Å². The average Bonchev–Trinajstić information content (AvgIpc) is 2.88. The molecule has 0 bridgehead atoms. The number of hydrogen-bond donors (Lipinski definition) is 0. The van der Waals surface area contributed by atoms with Gasteiger partial charge in [0, 0.05) is 38.2 Å². The van der Waals surface area contributed by atoms with Crippen LogP contribution in [0.5, 0.6) is 0 Å². The fraction of sp³-hybridized carbons (Fsp3) is 0.421. The average molecular weight is 354 g/mol. The van der Waals surface area contributed by atoms with Gasteiger partial charge in [-0.05, 0) is 29.8 Å². The van der Waals surface area contributed by atoms with Crippen molar-refractivity contribution in [2.75, 3.05) is 44.4 Å².